The maximum absolute atomic E-state index is 11.9. The van der Waals surface area contributed by atoms with E-state index in [1.54, 1.807) is 6.92 Å². The summed E-state index contributed by atoms with van der Waals surface area (Å²) in [5, 5.41) is 12.9. The Balaban J connectivity index is 3.70. The van der Waals surface area contributed by atoms with Gasteiger partial charge in [0.25, 0.3) is 0 Å². The molecule has 0 saturated carbocycles. The fourth-order valence-electron chi connectivity index (χ4n) is 1.42. The molecule has 0 aromatic carbocycles. The van der Waals surface area contributed by atoms with Crippen molar-refractivity contribution in [2.45, 2.75) is 64.3 Å². The van der Waals surface area contributed by atoms with E-state index in [0.717, 1.165) is 0 Å². The van der Waals surface area contributed by atoms with E-state index in [4.69, 9.17) is 0 Å². The predicted octanol–water partition coefficient (Wildman–Crippen LogP) is 2.86. The molecule has 2 nitrogen and oxygen atoms in total. The lowest BCUT2D eigenvalue weighted by molar-refractivity contribution is -0.137. The molecule has 0 aromatic heterocycles. The Morgan fingerprint density at radius 2 is 1.69 bits per heavy atom. The van der Waals surface area contributed by atoms with Gasteiger partial charge in [-0.1, -0.05) is 13.8 Å². The fourth-order valence-corrected chi connectivity index (χ4v) is 1.42. The van der Waals surface area contributed by atoms with Crippen molar-refractivity contribution in [3.05, 3.63) is 0 Å². The average molecular weight is 241 g/mol. The van der Waals surface area contributed by atoms with Crippen molar-refractivity contribution in [3.63, 3.8) is 0 Å². The molecule has 0 aliphatic heterocycles. The quantitative estimate of drug-likeness (QED) is 0.718. The molecule has 0 radical (unpaired) electrons. The number of hydrogen-bond acceptors (Lipinski definition) is 2. The van der Waals surface area contributed by atoms with Gasteiger partial charge in [-0.3, -0.25) is 0 Å². The summed E-state index contributed by atoms with van der Waals surface area (Å²) in [7, 11) is 0. The second-order valence-corrected chi connectivity index (χ2v) is 4.82. The molecule has 1 unspecified atom stereocenters. The average Bonchev–Trinajstić information content (AvgIpc) is 1.99. The van der Waals surface area contributed by atoms with Crippen LogP contribution in [0.4, 0.5) is 13.2 Å². The molecular weight excluding hydrogens is 219 g/mol. The highest BCUT2D eigenvalue weighted by Crippen LogP contribution is 2.25. The lowest BCUT2D eigenvalue weighted by Crippen LogP contribution is -2.33. The zero-order valence-corrected chi connectivity index (χ0v) is 10.2. The third-order valence-corrected chi connectivity index (χ3v) is 2.39. The Kier molecular flexibility index (Phi) is 6.33. The molecule has 2 N–H and O–H groups in total. The summed E-state index contributed by atoms with van der Waals surface area (Å²) in [4.78, 5) is 0. The number of nitrogens with one attached hydrogen (secondary N) is 1. The lowest BCUT2D eigenvalue weighted by Gasteiger charge is -2.24. The Hall–Kier alpha value is -0.290. The van der Waals surface area contributed by atoms with Crippen molar-refractivity contribution in [2.75, 3.05) is 6.54 Å². The Morgan fingerprint density at radius 1 is 1.12 bits per heavy atom. The van der Waals surface area contributed by atoms with E-state index in [1.807, 2.05) is 13.8 Å². The lowest BCUT2D eigenvalue weighted by atomic mass is 9.95. The van der Waals surface area contributed by atoms with Gasteiger partial charge in [-0.25, -0.2) is 0 Å². The molecule has 0 aliphatic carbocycles. The van der Waals surface area contributed by atoms with Gasteiger partial charge in [0.05, 0.1) is 5.60 Å². The number of aliphatic hydroxyl groups is 1. The van der Waals surface area contributed by atoms with Gasteiger partial charge in [0.2, 0.25) is 0 Å². The van der Waals surface area contributed by atoms with Gasteiger partial charge < -0.3 is 10.4 Å². The highest BCUT2D eigenvalue weighted by Gasteiger charge is 2.28. The van der Waals surface area contributed by atoms with E-state index in [2.05, 4.69) is 5.32 Å². The maximum atomic E-state index is 11.9. The molecule has 0 bridgehead atoms. The number of rotatable bonds is 7. The summed E-state index contributed by atoms with van der Waals surface area (Å²) in [6, 6.07) is 0.325. The summed E-state index contributed by atoms with van der Waals surface area (Å²) in [5.41, 5.74) is -1.01. The highest BCUT2D eigenvalue weighted by molar-refractivity contribution is 4.74. The molecule has 0 amide bonds. The molecule has 0 aliphatic rings. The Bertz CT molecular complexity index is 190. The van der Waals surface area contributed by atoms with E-state index in [9.17, 15) is 18.3 Å². The number of hydrogen-bond donors (Lipinski definition) is 2. The summed E-state index contributed by atoms with van der Waals surface area (Å²) >= 11 is 0. The van der Waals surface area contributed by atoms with Gasteiger partial charge in [-0.15, -0.1) is 0 Å². The number of halogens is 3. The van der Waals surface area contributed by atoms with E-state index in [-0.39, 0.29) is 12.8 Å². The predicted molar refractivity (Wildman–Crippen MR) is 58.3 cm³/mol. The molecule has 0 fully saturated rings. The molecule has 1 atom stereocenters. The van der Waals surface area contributed by atoms with Crippen LogP contribution in [0, 0.1) is 0 Å². The van der Waals surface area contributed by atoms with Crippen LogP contribution in [0.2, 0.25) is 0 Å². The summed E-state index contributed by atoms with van der Waals surface area (Å²) in [5.74, 6) is 0. The molecule has 0 rings (SSSR count). The van der Waals surface area contributed by atoms with E-state index < -0.39 is 18.2 Å². The van der Waals surface area contributed by atoms with Crippen molar-refractivity contribution in [3.8, 4) is 0 Å². The minimum Gasteiger partial charge on any atom is -0.390 e. The monoisotopic (exact) mass is 241 g/mol. The normalized spacial score (nSPS) is 16.5. The first-order valence-electron chi connectivity index (χ1n) is 5.65. The molecule has 0 spiro atoms. The zero-order valence-electron chi connectivity index (χ0n) is 10.2. The summed E-state index contributed by atoms with van der Waals surface area (Å²) in [6.45, 7) is 6.18. The van der Waals surface area contributed by atoms with Crippen molar-refractivity contribution in [2.24, 2.45) is 0 Å². The van der Waals surface area contributed by atoms with Crippen LogP contribution in [0.3, 0.4) is 0 Å². The van der Waals surface area contributed by atoms with Crippen molar-refractivity contribution < 1.29 is 18.3 Å². The number of alkyl halides is 3. The first kappa shape index (κ1) is 15.7. The second-order valence-electron chi connectivity index (χ2n) is 4.82. The van der Waals surface area contributed by atoms with Crippen LogP contribution in [0.25, 0.3) is 0 Å². The van der Waals surface area contributed by atoms with Crippen LogP contribution >= 0.6 is 0 Å². The summed E-state index contributed by atoms with van der Waals surface area (Å²) in [6.07, 6.45) is -4.29. The topological polar surface area (TPSA) is 32.3 Å². The first-order valence-corrected chi connectivity index (χ1v) is 5.65. The highest BCUT2D eigenvalue weighted by atomic mass is 19.4. The van der Waals surface area contributed by atoms with Gasteiger partial charge in [-0.05, 0) is 32.7 Å². The zero-order chi connectivity index (χ0) is 12.8. The van der Waals surface area contributed by atoms with Crippen molar-refractivity contribution in [1.82, 2.24) is 5.32 Å². The maximum Gasteiger partial charge on any atom is 0.389 e. The molecular formula is C11H22F3NO. The molecule has 5 heteroatoms. The SMILES string of the molecule is CC(C)NCCC(C)(O)CCCC(F)(F)F. The smallest absolute Gasteiger partial charge is 0.389 e. The minimum atomic E-state index is -4.12. The van der Waals surface area contributed by atoms with Crippen LogP contribution in [0.5, 0.6) is 0 Å². The van der Waals surface area contributed by atoms with Gasteiger partial charge in [0.1, 0.15) is 0 Å². The van der Waals surface area contributed by atoms with Crippen LogP contribution in [-0.2, 0) is 0 Å². The second kappa shape index (κ2) is 6.45. The van der Waals surface area contributed by atoms with E-state index in [1.165, 1.54) is 0 Å². The van der Waals surface area contributed by atoms with Gasteiger partial charge in [0.15, 0.2) is 0 Å². The van der Waals surface area contributed by atoms with Gasteiger partial charge in [-0.2, -0.15) is 13.2 Å². The van der Waals surface area contributed by atoms with Gasteiger partial charge in [0, 0.05) is 12.5 Å². The van der Waals surface area contributed by atoms with E-state index >= 15 is 0 Å². The largest absolute Gasteiger partial charge is 0.390 e. The Labute approximate surface area is 95.2 Å². The van der Waals surface area contributed by atoms with Crippen LogP contribution in [0.15, 0.2) is 0 Å². The Morgan fingerprint density at radius 3 is 2.12 bits per heavy atom. The fraction of sp³-hybridized carbons (Fsp3) is 1.00. The molecule has 16 heavy (non-hydrogen) atoms. The van der Waals surface area contributed by atoms with Crippen LogP contribution in [0.1, 0.15) is 46.5 Å². The van der Waals surface area contributed by atoms with Crippen molar-refractivity contribution in [1.29, 1.82) is 0 Å². The third-order valence-electron chi connectivity index (χ3n) is 2.39. The molecule has 0 saturated heterocycles. The molecule has 0 heterocycles. The van der Waals surface area contributed by atoms with E-state index in [0.29, 0.717) is 19.0 Å². The van der Waals surface area contributed by atoms with Crippen LogP contribution < -0.4 is 5.32 Å². The van der Waals surface area contributed by atoms with Gasteiger partial charge >= 0.3 is 6.18 Å². The summed E-state index contributed by atoms with van der Waals surface area (Å²) < 4.78 is 35.7. The molecule has 98 valence electrons. The third kappa shape index (κ3) is 10.2. The first-order chi connectivity index (χ1) is 7.12. The van der Waals surface area contributed by atoms with Crippen molar-refractivity contribution >= 4 is 0 Å². The molecule has 0 aromatic rings. The minimum absolute atomic E-state index is 0.0157. The standard InChI is InChI=1S/C11H22F3NO/c1-9(2)15-8-7-10(3,16)5-4-6-11(12,13)14/h9,15-16H,4-8H2,1-3H3. The van der Waals surface area contributed by atoms with Crippen LogP contribution in [-0.4, -0.2) is 29.5 Å².